The first-order valence-corrected chi connectivity index (χ1v) is 13.5. The molecule has 3 atom stereocenters. The van der Waals surface area contributed by atoms with Crippen molar-refractivity contribution in [3.63, 3.8) is 0 Å². The molecule has 1 spiro atoms. The van der Waals surface area contributed by atoms with Crippen LogP contribution in [0.3, 0.4) is 0 Å². The van der Waals surface area contributed by atoms with E-state index in [9.17, 15) is 14.3 Å². The van der Waals surface area contributed by atoms with Crippen molar-refractivity contribution in [3.8, 4) is 5.88 Å². The van der Waals surface area contributed by atoms with Crippen LogP contribution in [0.2, 0.25) is 0 Å². The highest BCUT2D eigenvalue weighted by atomic mass is 79.9. The van der Waals surface area contributed by atoms with Crippen LogP contribution < -0.4 is 15.4 Å². The molecule has 6 nitrogen and oxygen atoms in total. The summed E-state index contributed by atoms with van der Waals surface area (Å²) in [5.41, 5.74) is 2.97. The number of amides is 1. The Morgan fingerprint density at radius 3 is 2.67 bits per heavy atom. The lowest BCUT2D eigenvalue weighted by molar-refractivity contribution is -0.120. The van der Waals surface area contributed by atoms with Gasteiger partial charge in [-0.25, -0.2) is 9.37 Å². The third-order valence-electron chi connectivity index (χ3n) is 7.07. The molecule has 1 saturated carbocycles. The summed E-state index contributed by atoms with van der Waals surface area (Å²) in [7, 11) is 0. The fourth-order valence-corrected chi connectivity index (χ4v) is 5.64. The van der Waals surface area contributed by atoms with Crippen LogP contribution in [0.25, 0.3) is 0 Å². The molecule has 2 aliphatic rings. The average Bonchev–Trinajstić information content (AvgIpc) is 2.76. The van der Waals surface area contributed by atoms with Gasteiger partial charge < -0.3 is 20.5 Å². The maximum absolute atomic E-state index is 13.7. The molecule has 0 bridgehead atoms. The van der Waals surface area contributed by atoms with Gasteiger partial charge in [0, 0.05) is 37.7 Å². The number of rotatable bonds is 8. The van der Waals surface area contributed by atoms with Gasteiger partial charge >= 0.3 is 0 Å². The Labute approximate surface area is 221 Å². The molecular formula is C28H37BrFN3O3. The summed E-state index contributed by atoms with van der Waals surface area (Å²) in [5.74, 6) is 0.112. The van der Waals surface area contributed by atoms with E-state index >= 15 is 0 Å². The summed E-state index contributed by atoms with van der Waals surface area (Å²) in [5, 5.41) is 17.5. The van der Waals surface area contributed by atoms with E-state index in [1.807, 2.05) is 6.20 Å². The van der Waals surface area contributed by atoms with Crippen LogP contribution in [0, 0.1) is 11.2 Å². The number of nitrogens with zero attached hydrogens (tertiary/aromatic N) is 1. The van der Waals surface area contributed by atoms with Gasteiger partial charge in [0.1, 0.15) is 11.4 Å². The first kappa shape index (κ1) is 27.0. The number of aliphatic hydroxyl groups excluding tert-OH is 1. The average molecular weight is 563 g/mol. The molecule has 4 rings (SSSR count). The normalized spacial score (nSPS) is 20.1. The van der Waals surface area contributed by atoms with E-state index < -0.39 is 12.1 Å². The minimum absolute atomic E-state index is 0.00550. The monoisotopic (exact) mass is 561 g/mol. The van der Waals surface area contributed by atoms with Gasteiger partial charge in [-0.3, -0.25) is 4.79 Å². The fraction of sp³-hybridized carbons (Fsp3) is 0.571. The van der Waals surface area contributed by atoms with E-state index in [4.69, 9.17) is 4.74 Å². The zero-order valence-electron chi connectivity index (χ0n) is 21.5. The first-order valence-electron chi connectivity index (χ1n) is 12.7. The summed E-state index contributed by atoms with van der Waals surface area (Å²) in [6.07, 6.45) is 6.35. The fourth-order valence-electron chi connectivity index (χ4n) is 5.22. The maximum atomic E-state index is 13.7. The Morgan fingerprint density at radius 1 is 1.31 bits per heavy atom. The standard InChI is InChI=1S/C28H37BrFN3O3/c1-17(34)33-23(12-18-6-7-22(30)21(29)11-18)25(35)16-31-24-14-28(8-5-9-28)36-26-20(24)10-19(15-32-26)13-27(2,3)4/h6-7,10-11,15,23-25,31,35H,5,8-9,12-14,16H2,1-4H3,(H,33,34)/t23-,24-,25+/m0/s1. The number of aliphatic hydroxyl groups is 1. The van der Waals surface area contributed by atoms with Crippen LogP contribution in [0.15, 0.2) is 34.9 Å². The molecule has 0 radical (unpaired) electrons. The number of halogens is 2. The van der Waals surface area contributed by atoms with Crippen LogP contribution in [0.4, 0.5) is 4.39 Å². The molecule has 0 unspecified atom stereocenters. The third-order valence-corrected chi connectivity index (χ3v) is 7.67. The van der Waals surface area contributed by atoms with Gasteiger partial charge in [0.15, 0.2) is 0 Å². The number of nitrogens with one attached hydrogen (secondary N) is 2. The van der Waals surface area contributed by atoms with E-state index in [1.54, 1.807) is 12.1 Å². The molecule has 3 N–H and O–H groups in total. The number of fused-ring (bicyclic) bond motifs is 1. The molecule has 2 aromatic rings. The van der Waals surface area contributed by atoms with Gasteiger partial charge in [-0.1, -0.05) is 26.8 Å². The minimum atomic E-state index is -0.841. The Balaban J connectivity index is 1.50. The van der Waals surface area contributed by atoms with Crippen LogP contribution in [0.5, 0.6) is 5.88 Å². The summed E-state index contributed by atoms with van der Waals surface area (Å²) in [6.45, 7) is 8.35. The Morgan fingerprint density at radius 2 is 2.06 bits per heavy atom. The lowest BCUT2D eigenvalue weighted by Crippen LogP contribution is -2.52. The Hall–Kier alpha value is -2.03. The predicted molar refractivity (Wildman–Crippen MR) is 141 cm³/mol. The van der Waals surface area contributed by atoms with E-state index in [0.717, 1.165) is 43.2 Å². The Bertz CT molecular complexity index is 1100. The SMILES string of the molecule is CC(=O)N[C@@H](Cc1ccc(F)c(Br)c1)[C@H](O)CN[C@H]1CC2(CCC2)Oc2ncc(CC(C)(C)C)cc21. The zero-order chi connectivity index (χ0) is 26.1. The van der Waals surface area contributed by atoms with Crippen molar-refractivity contribution < 1.29 is 19.0 Å². The number of benzene rings is 1. The van der Waals surface area contributed by atoms with E-state index in [1.165, 1.54) is 18.6 Å². The minimum Gasteiger partial charge on any atom is -0.471 e. The van der Waals surface area contributed by atoms with Crippen molar-refractivity contribution in [1.29, 1.82) is 0 Å². The third kappa shape index (κ3) is 6.64. The van der Waals surface area contributed by atoms with Gasteiger partial charge in [0.2, 0.25) is 11.8 Å². The van der Waals surface area contributed by atoms with E-state index in [2.05, 4.69) is 58.4 Å². The second kappa shape index (κ2) is 10.8. The molecule has 1 fully saturated rings. The lowest BCUT2D eigenvalue weighted by atomic mass is 9.73. The number of aromatic nitrogens is 1. The predicted octanol–water partition coefficient (Wildman–Crippen LogP) is 5.02. The van der Waals surface area contributed by atoms with Gasteiger partial charge in [-0.05, 0) is 82.8 Å². The second-order valence-electron chi connectivity index (χ2n) is 11.6. The van der Waals surface area contributed by atoms with Gasteiger partial charge in [0.05, 0.1) is 16.6 Å². The van der Waals surface area contributed by atoms with Gasteiger partial charge in [-0.15, -0.1) is 0 Å². The first-order chi connectivity index (χ1) is 16.9. The quantitative estimate of drug-likeness (QED) is 0.421. The van der Waals surface area contributed by atoms with Gasteiger partial charge in [-0.2, -0.15) is 0 Å². The summed E-state index contributed by atoms with van der Waals surface area (Å²) in [6, 6.07) is 6.40. The van der Waals surface area contributed by atoms with Crippen molar-refractivity contribution >= 4 is 21.8 Å². The molecule has 8 heteroatoms. The molecule has 2 heterocycles. The van der Waals surface area contributed by atoms with Crippen molar-refractivity contribution in [3.05, 3.63) is 57.4 Å². The lowest BCUT2D eigenvalue weighted by Gasteiger charge is -2.47. The molecule has 196 valence electrons. The van der Waals surface area contributed by atoms with Gasteiger partial charge in [0.25, 0.3) is 0 Å². The largest absolute Gasteiger partial charge is 0.471 e. The number of hydrogen-bond donors (Lipinski definition) is 3. The maximum Gasteiger partial charge on any atom is 0.218 e. The number of hydrogen-bond acceptors (Lipinski definition) is 5. The number of ether oxygens (including phenoxy) is 1. The molecule has 1 aromatic carbocycles. The molecule has 36 heavy (non-hydrogen) atoms. The smallest absolute Gasteiger partial charge is 0.218 e. The number of carbonyl (C=O) groups excluding carboxylic acids is 1. The summed E-state index contributed by atoms with van der Waals surface area (Å²) >= 11 is 3.21. The molecular weight excluding hydrogens is 525 g/mol. The van der Waals surface area contributed by atoms with Crippen molar-refractivity contribution in [1.82, 2.24) is 15.6 Å². The highest BCUT2D eigenvalue weighted by Crippen LogP contribution is 2.48. The van der Waals surface area contributed by atoms with E-state index in [0.29, 0.717) is 16.8 Å². The molecule has 1 aliphatic heterocycles. The van der Waals surface area contributed by atoms with Crippen LogP contribution in [-0.2, 0) is 17.6 Å². The van der Waals surface area contributed by atoms with Crippen molar-refractivity contribution in [2.24, 2.45) is 5.41 Å². The van der Waals surface area contributed by atoms with Crippen molar-refractivity contribution in [2.75, 3.05) is 6.54 Å². The van der Waals surface area contributed by atoms with Crippen LogP contribution in [0.1, 0.15) is 76.1 Å². The second-order valence-corrected chi connectivity index (χ2v) is 12.5. The van der Waals surface area contributed by atoms with Crippen molar-refractivity contribution in [2.45, 2.75) is 90.0 Å². The zero-order valence-corrected chi connectivity index (χ0v) is 23.1. The van der Waals surface area contributed by atoms with E-state index in [-0.39, 0.29) is 35.3 Å². The highest BCUT2D eigenvalue weighted by Gasteiger charge is 2.46. The highest BCUT2D eigenvalue weighted by molar-refractivity contribution is 9.10. The topological polar surface area (TPSA) is 83.5 Å². The summed E-state index contributed by atoms with van der Waals surface area (Å²) in [4.78, 5) is 16.6. The van der Waals surface area contributed by atoms with Crippen LogP contribution in [-0.4, -0.2) is 40.3 Å². The Kier molecular flexibility index (Phi) is 8.07. The number of carbonyl (C=O) groups is 1. The number of pyridine rings is 1. The molecule has 0 saturated heterocycles. The molecule has 1 amide bonds. The molecule has 1 aromatic heterocycles. The van der Waals surface area contributed by atoms with Crippen LogP contribution >= 0.6 is 15.9 Å². The summed E-state index contributed by atoms with van der Waals surface area (Å²) < 4.78 is 20.4. The molecule has 1 aliphatic carbocycles.